The van der Waals surface area contributed by atoms with Crippen LogP contribution in [0.5, 0.6) is 0 Å². The minimum atomic E-state index is -0.614. The number of anilines is 1. The lowest BCUT2D eigenvalue weighted by Crippen LogP contribution is -2.03. The van der Waals surface area contributed by atoms with E-state index < -0.39 is 9.85 Å². The van der Waals surface area contributed by atoms with Crippen molar-refractivity contribution in [2.45, 2.75) is 6.92 Å². The van der Waals surface area contributed by atoms with Gasteiger partial charge >= 0.3 is 0 Å². The number of hydrogen-bond donors (Lipinski definition) is 1. The first-order valence-corrected chi connectivity index (χ1v) is 5.64. The summed E-state index contributed by atoms with van der Waals surface area (Å²) >= 11 is 0. The van der Waals surface area contributed by atoms with E-state index in [1.807, 2.05) is 0 Å². The van der Waals surface area contributed by atoms with Gasteiger partial charge < -0.3 is 5.32 Å². The molecule has 0 aliphatic heterocycles. The maximum atomic E-state index is 11.1. The van der Waals surface area contributed by atoms with Crippen molar-refractivity contribution >= 4 is 27.8 Å². The lowest BCUT2D eigenvalue weighted by molar-refractivity contribution is -0.392. The number of fused-ring (bicyclic) bond motifs is 1. The van der Waals surface area contributed by atoms with Gasteiger partial charge in [-0.2, -0.15) is 0 Å². The minimum Gasteiger partial charge on any atom is -0.379 e. The van der Waals surface area contributed by atoms with Crippen LogP contribution in [0.4, 0.5) is 17.1 Å². The SMILES string of the molecule is CCNc1c([N+](=O)[O-])cc([N+](=O)[O-])c2ccccc12. The monoisotopic (exact) mass is 261 g/mol. The molecule has 98 valence electrons. The largest absolute Gasteiger partial charge is 0.379 e. The van der Waals surface area contributed by atoms with Crippen molar-refractivity contribution in [3.8, 4) is 0 Å². The second-order valence-electron chi connectivity index (χ2n) is 3.88. The Morgan fingerprint density at radius 2 is 1.63 bits per heavy atom. The Kier molecular flexibility index (Phi) is 3.28. The van der Waals surface area contributed by atoms with Gasteiger partial charge in [0.15, 0.2) is 0 Å². The summed E-state index contributed by atoms with van der Waals surface area (Å²) in [5.41, 5.74) is -0.232. The zero-order valence-electron chi connectivity index (χ0n) is 10.1. The van der Waals surface area contributed by atoms with Crippen molar-refractivity contribution in [2.75, 3.05) is 11.9 Å². The average molecular weight is 261 g/mol. The normalized spacial score (nSPS) is 10.4. The summed E-state index contributed by atoms with van der Waals surface area (Å²) in [6, 6.07) is 7.57. The quantitative estimate of drug-likeness (QED) is 0.673. The highest BCUT2D eigenvalue weighted by atomic mass is 16.6. The van der Waals surface area contributed by atoms with Crippen LogP contribution in [0.1, 0.15) is 6.92 Å². The molecule has 7 nitrogen and oxygen atoms in total. The van der Waals surface area contributed by atoms with E-state index in [0.717, 1.165) is 6.07 Å². The standard InChI is InChI=1S/C12H11N3O4/c1-2-13-12-9-6-4-3-5-8(9)10(14(16)17)7-11(12)15(18)19/h3-7,13H,2H2,1H3. The second kappa shape index (κ2) is 4.89. The Labute approximate surface area is 108 Å². The molecule has 0 aliphatic carbocycles. The number of non-ortho nitro benzene ring substituents is 1. The molecule has 1 N–H and O–H groups in total. The van der Waals surface area contributed by atoms with E-state index in [-0.39, 0.29) is 11.4 Å². The molecule has 0 heterocycles. The van der Waals surface area contributed by atoms with Crippen LogP contribution < -0.4 is 5.32 Å². The molecule has 2 aromatic carbocycles. The van der Waals surface area contributed by atoms with E-state index in [4.69, 9.17) is 0 Å². The summed E-state index contributed by atoms with van der Waals surface area (Å²) in [7, 11) is 0. The highest BCUT2D eigenvalue weighted by Crippen LogP contribution is 2.38. The van der Waals surface area contributed by atoms with Gasteiger partial charge in [-0.25, -0.2) is 0 Å². The predicted octanol–water partition coefficient (Wildman–Crippen LogP) is 3.09. The third-order valence-electron chi connectivity index (χ3n) is 2.75. The van der Waals surface area contributed by atoms with Gasteiger partial charge in [0.25, 0.3) is 11.4 Å². The number of rotatable bonds is 4. The van der Waals surface area contributed by atoms with Gasteiger partial charge in [0.2, 0.25) is 0 Å². The third kappa shape index (κ3) is 2.17. The average Bonchev–Trinajstić information content (AvgIpc) is 2.38. The Hall–Kier alpha value is -2.70. The van der Waals surface area contributed by atoms with Crippen molar-refractivity contribution in [1.82, 2.24) is 0 Å². The fourth-order valence-electron chi connectivity index (χ4n) is 2.00. The van der Waals surface area contributed by atoms with E-state index >= 15 is 0 Å². The second-order valence-corrected chi connectivity index (χ2v) is 3.88. The van der Waals surface area contributed by atoms with Crippen molar-refractivity contribution in [2.24, 2.45) is 0 Å². The first kappa shape index (κ1) is 12.7. The van der Waals surface area contributed by atoms with Crippen molar-refractivity contribution in [3.05, 3.63) is 50.6 Å². The lowest BCUT2D eigenvalue weighted by atomic mass is 10.1. The fraction of sp³-hybridized carbons (Fsp3) is 0.167. The molecule has 19 heavy (non-hydrogen) atoms. The molecular weight excluding hydrogens is 250 g/mol. The van der Waals surface area contributed by atoms with E-state index in [2.05, 4.69) is 5.32 Å². The van der Waals surface area contributed by atoms with Gasteiger partial charge in [-0.05, 0) is 13.0 Å². The number of nitro groups is 2. The summed E-state index contributed by atoms with van der Waals surface area (Å²) in [6.07, 6.45) is 0. The molecule has 7 heteroatoms. The molecule has 0 amide bonds. The Bertz CT molecular complexity index is 669. The van der Waals surface area contributed by atoms with Crippen LogP contribution in [0.25, 0.3) is 10.8 Å². The number of hydrogen-bond acceptors (Lipinski definition) is 5. The van der Waals surface area contributed by atoms with E-state index in [0.29, 0.717) is 23.0 Å². The molecule has 0 fully saturated rings. The molecule has 0 spiro atoms. The Morgan fingerprint density at radius 1 is 1.05 bits per heavy atom. The molecule has 0 unspecified atom stereocenters. The predicted molar refractivity (Wildman–Crippen MR) is 71.4 cm³/mol. The highest BCUT2D eigenvalue weighted by Gasteiger charge is 2.24. The van der Waals surface area contributed by atoms with Gasteiger partial charge in [-0.1, -0.05) is 18.2 Å². The smallest absolute Gasteiger partial charge is 0.299 e. The number of nitrogens with zero attached hydrogens (tertiary/aromatic N) is 2. The maximum absolute atomic E-state index is 11.1. The molecule has 0 atom stereocenters. The zero-order chi connectivity index (χ0) is 14.0. The van der Waals surface area contributed by atoms with Crippen LogP contribution in [0, 0.1) is 20.2 Å². The van der Waals surface area contributed by atoms with Gasteiger partial charge in [-0.3, -0.25) is 20.2 Å². The van der Waals surface area contributed by atoms with Crippen LogP contribution >= 0.6 is 0 Å². The molecule has 0 saturated heterocycles. The summed E-state index contributed by atoms with van der Waals surface area (Å²) in [5, 5.41) is 25.8. The number of benzene rings is 2. The molecule has 0 aliphatic rings. The molecule has 0 bridgehead atoms. The van der Waals surface area contributed by atoms with Crippen molar-refractivity contribution in [3.63, 3.8) is 0 Å². The summed E-state index contributed by atoms with van der Waals surface area (Å²) in [5.74, 6) is 0. The Balaban J connectivity index is 2.89. The summed E-state index contributed by atoms with van der Waals surface area (Å²) in [6.45, 7) is 2.29. The van der Waals surface area contributed by atoms with E-state index in [1.165, 1.54) is 0 Å². The van der Waals surface area contributed by atoms with Crippen LogP contribution in [0.3, 0.4) is 0 Å². The first-order chi connectivity index (χ1) is 9.06. The zero-order valence-corrected chi connectivity index (χ0v) is 10.1. The minimum absolute atomic E-state index is 0.260. The number of nitrogens with one attached hydrogen (secondary N) is 1. The molecular formula is C12H11N3O4. The first-order valence-electron chi connectivity index (χ1n) is 5.64. The van der Waals surface area contributed by atoms with Crippen LogP contribution in [-0.2, 0) is 0 Å². The molecule has 2 rings (SSSR count). The fourth-order valence-corrected chi connectivity index (χ4v) is 2.00. The van der Waals surface area contributed by atoms with E-state index in [9.17, 15) is 20.2 Å². The van der Waals surface area contributed by atoms with Gasteiger partial charge in [0, 0.05) is 11.9 Å². The van der Waals surface area contributed by atoms with Crippen molar-refractivity contribution in [1.29, 1.82) is 0 Å². The third-order valence-corrected chi connectivity index (χ3v) is 2.75. The topological polar surface area (TPSA) is 98.3 Å². The van der Waals surface area contributed by atoms with Crippen LogP contribution in [0.15, 0.2) is 30.3 Å². The van der Waals surface area contributed by atoms with Crippen LogP contribution in [-0.4, -0.2) is 16.4 Å². The lowest BCUT2D eigenvalue weighted by Gasteiger charge is -2.09. The van der Waals surface area contributed by atoms with Gasteiger partial charge in [-0.15, -0.1) is 0 Å². The van der Waals surface area contributed by atoms with E-state index in [1.54, 1.807) is 31.2 Å². The molecule has 0 saturated carbocycles. The van der Waals surface area contributed by atoms with Gasteiger partial charge in [0.05, 0.1) is 21.3 Å². The van der Waals surface area contributed by atoms with Crippen molar-refractivity contribution < 1.29 is 9.85 Å². The summed E-state index contributed by atoms with van der Waals surface area (Å²) < 4.78 is 0. The van der Waals surface area contributed by atoms with Crippen LogP contribution in [0.2, 0.25) is 0 Å². The number of nitro benzene ring substituents is 2. The maximum Gasteiger partial charge on any atom is 0.299 e. The molecule has 2 aromatic rings. The molecule has 0 radical (unpaired) electrons. The molecule has 0 aromatic heterocycles. The summed E-state index contributed by atoms with van der Waals surface area (Å²) in [4.78, 5) is 20.9. The Morgan fingerprint density at radius 3 is 2.16 bits per heavy atom. The highest BCUT2D eigenvalue weighted by molar-refractivity contribution is 6.03. The van der Waals surface area contributed by atoms with Gasteiger partial charge in [0.1, 0.15) is 5.69 Å².